The van der Waals surface area contributed by atoms with Gasteiger partial charge in [0.15, 0.2) is 0 Å². The minimum atomic E-state index is -4.50. The van der Waals surface area contributed by atoms with E-state index < -0.39 is 17.6 Å². The van der Waals surface area contributed by atoms with Crippen molar-refractivity contribution in [2.24, 2.45) is 5.92 Å². The Labute approximate surface area is 173 Å². The maximum absolute atomic E-state index is 12.9. The number of hydrogen-bond donors (Lipinski definition) is 2. The number of hydrogen-bond acceptors (Lipinski definition) is 3. The van der Waals surface area contributed by atoms with E-state index in [1.54, 1.807) is 5.57 Å². The summed E-state index contributed by atoms with van der Waals surface area (Å²) in [7, 11) is 0. The molecule has 4 nitrogen and oxygen atoms in total. The van der Waals surface area contributed by atoms with E-state index in [9.17, 15) is 18.0 Å². The predicted molar refractivity (Wildman–Crippen MR) is 105 cm³/mol. The number of benzene rings is 1. The maximum atomic E-state index is 12.9. The Morgan fingerprint density at radius 2 is 1.97 bits per heavy atom. The van der Waals surface area contributed by atoms with Crippen molar-refractivity contribution in [2.75, 3.05) is 13.1 Å². The van der Waals surface area contributed by atoms with Gasteiger partial charge in [0.2, 0.25) is 0 Å². The summed E-state index contributed by atoms with van der Waals surface area (Å²) in [5.74, 6) is 0.0270. The van der Waals surface area contributed by atoms with Crippen molar-refractivity contribution in [2.45, 2.75) is 57.2 Å². The minimum absolute atomic E-state index is 0.0287. The molecule has 0 saturated heterocycles. The molecule has 0 atom stereocenters. The molecule has 2 N–H and O–H groups in total. The van der Waals surface area contributed by atoms with Crippen LogP contribution in [0.2, 0.25) is 5.02 Å². The molecule has 1 aliphatic heterocycles. The van der Waals surface area contributed by atoms with E-state index in [0.717, 1.165) is 63.4 Å². The molecule has 0 unspecified atom stereocenters. The van der Waals surface area contributed by atoms with E-state index in [4.69, 9.17) is 11.6 Å². The van der Waals surface area contributed by atoms with Crippen LogP contribution in [0.4, 0.5) is 13.2 Å². The highest BCUT2D eigenvalue weighted by Crippen LogP contribution is 2.33. The zero-order valence-corrected chi connectivity index (χ0v) is 16.9. The monoisotopic (exact) mass is 427 g/mol. The van der Waals surface area contributed by atoms with Gasteiger partial charge >= 0.3 is 6.18 Å². The van der Waals surface area contributed by atoms with E-state index in [0.29, 0.717) is 5.92 Å². The van der Waals surface area contributed by atoms with Crippen LogP contribution in [0.5, 0.6) is 0 Å². The van der Waals surface area contributed by atoms with E-state index in [-0.39, 0.29) is 16.6 Å². The second kappa shape index (κ2) is 8.19. The van der Waals surface area contributed by atoms with Gasteiger partial charge in [-0.1, -0.05) is 11.6 Å². The number of alkyl halides is 3. The molecule has 29 heavy (non-hydrogen) atoms. The quantitative estimate of drug-likeness (QED) is 0.718. The van der Waals surface area contributed by atoms with Crippen LogP contribution in [0.15, 0.2) is 29.5 Å². The molecule has 4 rings (SSSR count). The number of hydrazine groups is 1. The fourth-order valence-corrected chi connectivity index (χ4v) is 4.83. The maximum Gasteiger partial charge on any atom is 0.416 e. The number of nitrogens with zero attached hydrogens (tertiary/aromatic N) is 1. The van der Waals surface area contributed by atoms with Gasteiger partial charge in [-0.05, 0) is 74.6 Å². The van der Waals surface area contributed by atoms with E-state index in [2.05, 4.69) is 15.8 Å². The summed E-state index contributed by atoms with van der Waals surface area (Å²) in [5.41, 5.74) is 5.49. The first kappa shape index (κ1) is 20.5. The lowest BCUT2D eigenvalue weighted by Gasteiger charge is -2.32. The normalized spacial score (nSPS) is 25.1. The second-order valence-electron chi connectivity index (χ2n) is 8.31. The summed E-state index contributed by atoms with van der Waals surface area (Å²) in [6, 6.07) is 2.82. The molecule has 3 aliphatic rings. The van der Waals surface area contributed by atoms with Gasteiger partial charge in [0, 0.05) is 24.8 Å². The SMILES string of the molecule is O=C(NC1CCC(CN2CC3=C(CCC3)N2)CC1)c1cc(C(F)(F)F)ccc1Cl. The number of rotatable bonds is 4. The third kappa shape index (κ3) is 4.72. The van der Waals surface area contributed by atoms with E-state index >= 15 is 0 Å². The van der Waals surface area contributed by atoms with Gasteiger partial charge < -0.3 is 10.7 Å². The minimum Gasteiger partial charge on any atom is -0.349 e. The Bertz CT molecular complexity index is 800. The van der Waals surface area contributed by atoms with Crippen LogP contribution in [0, 0.1) is 5.92 Å². The van der Waals surface area contributed by atoms with Gasteiger partial charge in [0.25, 0.3) is 5.91 Å². The Morgan fingerprint density at radius 1 is 1.21 bits per heavy atom. The lowest BCUT2D eigenvalue weighted by atomic mass is 9.85. The van der Waals surface area contributed by atoms with Crippen LogP contribution >= 0.6 is 11.6 Å². The second-order valence-corrected chi connectivity index (χ2v) is 8.72. The summed E-state index contributed by atoms with van der Waals surface area (Å²) in [4.78, 5) is 12.5. The first-order valence-electron chi connectivity index (χ1n) is 10.2. The number of allylic oxidation sites excluding steroid dienone is 1. The summed E-state index contributed by atoms with van der Waals surface area (Å²) >= 11 is 5.97. The zero-order chi connectivity index (χ0) is 20.6. The molecule has 1 saturated carbocycles. The smallest absolute Gasteiger partial charge is 0.349 e. The number of amides is 1. The third-order valence-electron chi connectivity index (χ3n) is 6.21. The first-order valence-corrected chi connectivity index (χ1v) is 10.6. The molecule has 1 amide bonds. The Balaban J connectivity index is 1.27. The lowest BCUT2D eigenvalue weighted by Crippen LogP contribution is -2.41. The average Bonchev–Trinajstić information content (AvgIpc) is 3.24. The third-order valence-corrected chi connectivity index (χ3v) is 6.54. The topological polar surface area (TPSA) is 44.4 Å². The molecule has 0 aromatic heterocycles. The van der Waals surface area contributed by atoms with Crippen molar-refractivity contribution in [3.05, 3.63) is 45.6 Å². The highest BCUT2D eigenvalue weighted by atomic mass is 35.5. The molecule has 0 bridgehead atoms. The summed E-state index contributed by atoms with van der Waals surface area (Å²) in [6.07, 6.45) is 2.75. The molecule has 1 aromatic carbocycles. The predicted octanol–water partition coefficient (Wildman–Crippen LogP) is 4.91. The summed E-state index contributed by atoms with van der Waals surface area (Å²) in [6.45, 7) is 2.01. The van der Waals surface area contributed by atoms with E-state index in [1.165, 1.54) is 18.5 Å². The van der Waals surface area contributed by atoms with Crippen LogP contribution in [-0.2, 0) is 6.18 Å². The number of halogens is 4. The number of carbonyl (C=O) groups excluding carboxylic acids is 1. The van der Waals surface area contributed by atoms with Gasteiger partial charge in [0.1, 0.15) is 0 Å². The van der Waals surface area contributed by atoms with Gasteiger partial charge in [-0.25, -0.2) is 5.01 Å². The van der Waals surface area contributed by atoms with Gasteiger partial charge in [-0.3, -0.25) is 4.79 Å². The number of carbonyl (C=O) groups is 1. The highest BCUT2D eigenvalue weighted by Gasteiger charge is 2.32. The molecule has 158 valence electrons. The molecular formula is C21H25ClF3N3O. The van der Waals surface area contributed by atoms with Crippen molar-refractivity contribution >= 4 is 17.5 Å². The van der Waals surface area contributed by atoms with Gasteiger partial charge in [-0.15, -0.1) is 0 Å². The fraction of sp³-hybridized carbons (Fsp3) is 0.571. The largest absolute Gasteiger partial charge is 0.416 e. The van der Waals surface area contributed by atoms with Crippen molar-refractivity contribution in [1.29, 1.82) is 0 Å². The van der Waals surface area contributed by atoms with Crippen molar-refractivity contribution in [3.8, 4) is 0 Å². The van der Waals surface area contributed by atoms with Gasteiger partial charge in [-0.2, -0.15) is 13.2 Å². The molecule has 2 aliphatic carbocycles. The summed E-state index contributed by atoms with van der Waals surface area (Å²) in [5, 5.41) is 5.21. The van der Waals surface area contributed by atoms with Crippen molar-refractivity contribution < 1.29 is 18.0 Å². The molecule has 1 fully saturated rings. The molecular weight excluding hydrogens is 403 g/mol. The first-order chi connectivity index (χ1) is 13.8. The average molecular weight is 428 g/mol. The van der Waals surface area contributed by atoms with Crippen LogP contribution < -0.4 is 10.7 Å². The Hall–Kier alpha value is -1.73. The van der Waals surface area contributed by atoms with Crippen LogP contribution in [0.25, 0.3) is 0 Å². The Morgan fingerprint density at radius 3 is 2.66 bits per heavy atom. The highest BCUT2D eigenvalue weighted by molar-refractivity contribution is 6.33. The van der Waals surface area contributed by atoms with Crippen molar-refractivity contribution in [1.82, 2.24) is 15.8 Å². The van der Waals surface area contributed by atoms with Gasteiger partial charge in [0.05, 0.1) is 16.1 Å². The summed E-state index contributed by atoms with van der Waals surface area (Å²) < 4.78 is 38.8. The van der Waals surface area contributed by atoms with E-state index in [1.807, 2.05) is 0 Å². The Kier molecular flexibility index (Phi) is 5.80. The molecule has 8 heteroatoms. The zero-order valence-electron chi connectivity index (χ0n) is 16.1. The van der Waals surface area contributed by atoms with Crippen molar-refractivity contribution in [3.63, 3.8) is 0 Å². The molecule has 0 spiro atoms. The molecule has 1 aromatic rings. The van der Waals surface area contributed by atoms with Crippen LogP contribution in [0.3, 0.4) is 0 Å². The van der Waals surface area contributed by atoms with Crippen LogP contribution in [0.1, 0.15) is 60.9 Å². The van der Waals surface area contributed by atoms with Crippen LogP contribution in [-0.4, -0.2) is 30.0 Å². The number of nitrogens with one attached hydrogen (secondary N) is 2. The fourth-order valence-electron chi connectivity index (χ4n) is 4.63. The molecule has 1 heterocycles. The molecule has 0 radical (unpaired) electrons. The standard InChI is InChI=1S/C21H25ClF3N3O/c22-18-9-6-15(21(23,24)25)10-17(18)20(29)26-16-7-4-13(5-8-16)11-28-12-14-2-1-3-19(14)27-28/h6,9-10,13,16,27H,1-5,7-8,11-12H2,(H,26,29). The lowest BCUT2D eigenvalue weighted by molar-refractivity contribution is -0.137.